The molecule has 6 heteroatoms. The number of fused-ring (bicyclic) bond motifs is 2. The Balaban J connectivity index is 1.91. The number of carboxylic acids is 1. The predicted octanol–water partition coefficient (Wildman–Crippen LogP) is 2.77. The molecule has 0 spiro atoms. The van der Waals surface area contributed by atoms with E-state index in [0.29, 0.717) is 5.13 Å². The number of aliphatic carboxylic acids is 1. The minimum absolute atomic E-state index is 0.0181. The van der Waals surface area contributed by atoms with Gasteiger partial charge in [0.1, 0.15) is 0 Å². The molecular formula is C15H18N2O3S. The zero-order valence-corrected chi connectivity index (χ0v) is 12.8. The number of anilines is 1. The molecule has 1 aromatic heterocycles. The second-order valence-electron chi connectivity index (χ2n) is 5.96. The van der Waals surface area contributed by atoms with Gasteiger partial charge in [-0.25, -0.2) is 4.98 Å². The van der Waals surface area contributed by atoms with Crippen LogP contribution in [0.25, 0.3) is 0 Å². The number of thiazole rings is 1. The summed E-state index contributed by atoms with van der Waals surface area (Å²) in [6.45, 7) is 4.03. The summed E-state index contributed by atoms with van der Waals surface area (Å²) in [6, 6.07) is 0. The lowest BCUT2D eigenvalue weighted by Crippen LogP contribution is -2.37. The average molecular weight is 306 g/mol. The van der Waals surface area contributed by atoms with Gasteiger partial charge in [-0.15, -0.1) is 11.3 Å². The Morgan fingerprint density at radius 1 is 1.29 bits per heavy atom. The predicted molar refractivity (Wildman–Crippen MR) is 79.9 cm³/mol. The molecule has 4 atom stereocenters. The van der Waals surface area contributed by atoms with Gasteiger partial charge in [0.2, 0.25) is 5.91 Å². The van der Waals surface area contributed by atoms with Crippen molar-refractivity contribution in [3.8, 4) is 0 Å². The Morgan fingerprint density at radius 3 is 2.48 bits per heavy atom. The molecule has 112 valence electrons. The molecule has 1 heterocycles. The molecule has 1 aromatic rings. The number of nitrogens with one attached hydrogen (secondary N) is 1. The van der Waals surface area contributed by atoms with Crippen LogP contribution < -0.4 is 5.32 Å². The first-order valence-electron chi connectivity index (χ1n) is 7.11. The van der Waals surface area contributed by atoms with Gasteiger partial charge in [0.15, 0.2) is 5.13 Å². The lowest BCUT2D eigenvalue weighted by molar-refractivity contribution is -0.148. The zero-order valence-electron chi connectivity index (χ0n) is 12.0. The molecule has 3 rings (SSSR count). The van der Waals surface area contributed by atoms with Crippen molar-refractivity contribution in [2.75, 3.05) is 5.32 Å². The number of amides is 1. The summed E-state index contributed by atoms with van der Waals surface area (Å²) in [7, 11) is 0. The molecule has 0 radical (unpaired) electrons. The number of carbonyl (C=O) groups is 2. The fourth-order valence-corrected chi connectivity index (χ4v) is 4.61. The molecule has 0 saturated heterocycles. The van der Waals surface area contributed by atoms with Crippen LogP contribution in [0.1, 0.15) is 26.7 Å². The Morgan fingerprint density at radius 2 is 1.95 bits per heavy atom. The van der Waals surface area contributed by atoms with Crippen LogP contribution in [0, 0.1) is 23.7 Å². The van der Waals surface area contributed by atoms with E-state index in [2.05, 4.69) is 10.3 Å². The number of carbonyl (C=O) groups excluding carboxylic acids is 1. The highest BCUT2D eigenvalue weighted by molar-refractivity contribution is 7.13. The van der Waals surface area contributed by atoms with E-state index in [4.69, 9.17) is 0 Å². The quantitative estimate of drug-likeness (QED) is 0.842. The lowest BCUT2D eigenvalue weighted by atomic mass is 9.79. The fourth-order valence-electron chi connectivity index (χ4n) is 4.08. The SMILES string of the molecule is CC(C)=C1[C@@H]2CC[C@@H]1[C@@H](C(=O)Nc1nccs1)[C@H]2C(=O)O. The van der Waals surface area contributed by atoms with Gasteiger partial charge in [0, 0.05) is 11.6 Å². The molecule has 1 amide bonds. The van der Waals surface area contributed by atoms with E-state index in [9.17, 15) is 14.7 Å². The van der Waals surface area contributed by atoms with Gasteiger partial charge in [-0.05, 0) is 38.5 Å². The Bertz CT molecular complexity index is 604. The van der Waals surface area contributed by atoms with E-state index in [-0.39, 0.29) is 17.7 Å². The molecule has 0 aromatic carbocycles. The minimum Gasteiger partial charge on any atom is -0.481 e. The largest absolute Gasteiger partial charge is 0.481 e. The normalized spacial score (nSPS) is 30.5. The molecule has 2 bridgehead atoms. The fraction of sp³-hybridized carbons (Fsp3) is 0.533. The molecule has 2 N–H and O–H groups in total. The Kier molecular flexibility index (Phi) is 3.57. The van der Waals surface area contributed by atoms with Gasteiger partial charge < -0.3 is 10.4 Å². The molecule has 2 saturated carbocycles. The first-order chi connectivity index (χ1) is 10.0. The number of hydrogen-bond donors (Lipinski definition) is 2. The summed E-state index contributed by atoms with van der Waals surface area (Å²) >= 11 is 1.34. The zero-order chi connectivity index (χ0) is 15.1. The van der Waals surface area contributed by atoms with Crippen molar-refractivity contribution < 1.29 is 14.7 Å². The lowest BCUT2D eigenvalue weighted by Gasteiger charge is -2.25. The molecule has 0 unspecified atom stereocenters. The Labute approximate surface area is 127 Å². The molecular weight excluding hydrogens is 288 g/mol. The molecule has 21 heavy (non-hydrogen) atoms. The number of aromatic nitrogens is 1. The molecule has 2 aliphatic rings. The van der Waals surface area contributed by atoms with Crippen molar-refractivity contribution in [2.24, 2.45) is 23.7 Å². The maximum atomic E-state index is 12.6. The first-order valence-corrected chi connectivity index (χ1v) is 7.99. The van der Waals surface area contributed by atoms with Gasteiger partial charge >= 0.3 is 5.97 Å². The van der Waals surface area contributed by atoms with E-state index in [1.54, 1.807) is 11.6 Å². The van der Waals surface area contributed by atoms with Crippen LogP contribution >= 0.6 is 11.3 Å². The van der Waals surface area contributed by atoms with Crippen molar-refractivity contribution in [3.05, 3.63) is 22.7 Å². The van der Waals surface area contributed by atoms with Crippen LogP contribution in [0.3, 0.4) is 0 Å². The average Bonchev–Trinajstić information content (AvgIpc) is 3.11. The maximum absolute atomic E-state index is 12.6. The van der Waals surface area contributed by atoms with Crippen LogP contribution in [0.15, 0.2) is 22.7 Å². The third-order valence-electron chi connectivity index (χ3n) is 4.67. The van der Waals surface area contributed by atoms with Crippen LogP contribution in [0.2, 0.25) is 0 Å². The number of rotatable bonds is 3. The number of hydrogen-bond acceptors (Lipinski definition) is 4. The van der Waals surface area contributed by atoms with Crippen molar-refractivity contribution in [1.82, 2.24) is 4.98 Å². The van der Waals surface area contributed by atoms with Gasteiger partial charge in [0.05, 0.1) is 11.8 Å². The van der Waals surface area contributed by atoms with E-state index < -0.39 is 17.8 Å². The van der Waals surface area contributed by atoms with Crippen molar-refractivity contribution in [2.45, 2.75) is 26.7 Å². The van der Waals surface area contributed by atoms with E-state index in [0.717, 1.165) is 12.8 Å². The smallest absolute Gasteiger partial charge is 0.307 e. The molecule has 0 aliphatic heterocycles. The van der Waals surface area contributed by atoms with Gasteiger partial charge in [-0.2, -0.15) is 0 Å². The first kappa shape index (κ1) is 14.3. The Hall–Kier alpha value is -1.69. The minimum atomic E-state index is -0.861. The highest BCUT2D eigenvalue weighted by Crippen LogP contribution is 2.57. The molecule has 2 fully saturated rings. The topological polar surface area (TPSA) is 79.3 Å². The molecule has 2 aliphatic carbocycles. The number of carboxylic acid groups (broad SMARTS) is 1. The van der Waals surface area contributed by atoms with Crippen molar-refractivity contribution in [3.63, 3.8) is 0 Å². The maximum Gasteiger partial charge on any atom is 0.307 e. The highest BCUT2D eigenvalue weighted by Gasteiger charge is 2.57. The van der Waals surface area contributed by atoms with E-state index >= 15 is 0 Å². The standard InChI is InChI=1S/C15H18N2O3S/c1-7(2)10-8-3-4-9(10)12(14(19)20)11(8)13(18)17-15-16-5-6-21-15/h5-6,8-9,11-12H,3-4H2,1-2H3,(H,19,20)(H,16,17,18)/t8-,9-,11+,12-/m0/s1. The number of nitrogens with zero attached hydrogens (tertiary/aromatic N) is 1. The van der Waals surface area contributed by atoms with Crippen molar-refractivity contribution in [1.29, 1.82) is 0 Å². The van der Waals surface area contributed by atoms with Gasteiger partial charge in [-0.1, -0.05) is 11.1 Å². The summed E-state index contributed by atoms with van der Waals surface area (Å²) < 4.78 is 0. The van der Waals surface area contributed by atoms with Crippen LogP contribution in [-0.2, 0) is 9.59 Å². The van der Waals surface area contributed by atoms with Gasteiger partial charge in [0.25, 0.3) is 0 Å². The summed E-state index contributed by atoms with van der Waals surface area (Å²) in [4.78, 5) is 28.3. The molecule has 5 nitrogen and oxygen atoms in total. The van der Waals surface area contributed by atoms with Gasteiger partial charge in [-0.3, -0.25) is 9.59 Å². The van der Waals surface area contributed by atoms with E-state index in [1.807, 2.05) is 13.8 Å². The third kappa shape index (κ3) is 2.27. The summed E-state index contributed by atoms with van der Waals surface area (Å²) in [6.07, 6.45) is 3.41. The summed E-state index contributed by atoms with van der Waals surface area (Å²) in [5, 5.41) is 14.7. The summed E-state index contributed by atoms with van der Waals surface area (Å²) in [5.74, 6) is -2.06. The van der Waals surface area contributed by atoms with Crippen LogP contribution in [0.4, 0.5) is 5.13 Å². The van der Waals surface area contributed by atoms with Crippen molar-refractivity contribution >= 4 is 28.3 Å². The van der Waals surface area contributed by atoms with Crippen LogP contribution in [0.5, 0.6) is 0 Å². The number of allylic oxidation sites excluding steroid dienone is 2. The second kappa shape index (κ2) is 5.26. The summed E-state index contributed by atoms with van der Waals surface area (Å²) in [5.41, 5.74) is 2.36. The monoisotopic (exact) mass is 306 g/mol. The van der Waals surface area contributed by atoms with E-state index in [1.165, 1.54) is 22.5 Å². The highest BCUT2D eigenvalue weighted by atomic mass is 32.1. The second-order valence-corrected chi connectivity index (χ2v) is 6.86. The van der Waals surface area contributed by atoms with Crippen LogP contribution in [-0.4, -0.2) is 22.0 Å². The third-order valence-corrected chi connectivity index (χ3v) is 5.36.